The number of carbonyl (C=O) groups is 1. The highest BCUT2D eigenvalue weighted by Crippen LogP contribution is 2.09. The van der Waals surface area contributed by atoms with Gasteiger partial charge in [0.1, 0.15) is 0 Å². The molecule has 0 bridgehead atoms. The molecule has 0 unspecified atom stereocenters. The quantitative estimate of drug-likeness (QED) is 0.655. The second kappa shape index (κ2) is 7.63. The van der Waals surface area contributed by atoms with E-state index >= 15 is 0 Å². The van der Waals surface area contributed by atoms with Crippen molar-refractivity contribution in [3.63, 3.8) is 0 Å². The minimum Gasteiger partial charge on any atom is -0.383 e. The van der Waals surface area contributed by atoms with E-state index in [1.54, 1.807) is 26.1 Å². The van der Waals surface area contributed by atoms with Crippen LogP contribution in [0.5, 0.6) is 0 Å². The molecule has 17 heavy (non-hydrogen) atoms. The van der Waals surface area contributed by atoms with Crippen LogP contribution in [-0.2, 0) is 9.53 Å². The molecule has 0 atom stereocenters. The van der Waals surface area contributed by atoms with Crippen molar-refractivity contribution < 1.29 is 9.53 Å². The SMILES string of the molecule is COCCNC1CCN(CC(=O)N(C)C)CC1. The van der Waals surface area contributed by atoms with Crippen molar-refractivity contribution >= 4 is 5.91 Å². The fourth-order valence-corrected chi connectivity index (χ4v) is 1.99. The molecule has 0 aromatic rings. The van der Waals surface area contributed by atoms with E-state index in [9.17, 15) is 4.79 Å². The summed E-state index contributed by atoms with van der Waals surface area (Å²) in [5.41, 5.74) is 0. The normalized spacial score (nSPS) is 18.3. The number of hydrogen-bond acceptors (Lipinski definition) is 4. The van der Waals surface area contributed by atoms with Gasteiger partial charge in [-0.25, -0.2) is 0 Å². The lowest BCUT2D eigenvalue weighted by atomic mass is 10.1. The average molecular weight is 243 g/mol. The zero-order chi connectivity index (χ0) is 12.7. The Morgan fingerprint density at radius 2 is 2.06 bits per heavy atom. The maximum absolute atomic E-state index is 11.6. The molecule has 5 nitrogen and oxygen atoms in total. The minimum atomic E-state index is 0.191. The van der Waals surface area contributed by atoms with Gasteiger partial charge in [0.2, 0.25) is 5.91 Å². The van der Waals surface area contributed by atoms with Crippen molar-refractivity contribution in [1.29, 1.82) is 0 Å². The molecule has 0 spiro atoms. The first-order valence-corrected chi connectivity index (χ1v) is 6.28. The molecule has 0 saturated carbocycles. The van der Waals surface area contributed by atoms with Gasteiger partial charge in [0, 0.05) is 46.9 Å². The van der Waals surface area contributed by atoms with Crippen molar-refractivity contribution in [2.75, 3.05) is 54.0 Å². The predicted molar refractivity (Wildman–Crippen MR) is 68.0 cm³/mol. The second-order valence-corrected chi connectivity index (χ2v) is 4.79. The number of ether oxygens (including phenoxy) is 1. The Hall–Kier alpha value is -0.650. The monoisotopic (exact) mass is 243 g/mol. The van der Waals surface area contributed by atoms with Crippen molar-refractivity contribution in [2.45, 2.75) is 18.9 Å². The van der Waals surface area contributed by atoms with E-state index in [2.05, 4.69) is 10.2 Å². The molecule has 0 aromatic heterocycles. The molecule has 1 saturated heterocycles. The lowest BCUT2D eigenvalue weighted by Gasteiger charge is -2.32. The molecule has 0 aliphatic carbocycles. The van der Waals surface area contributed by atoms with Gasteiger partial charge in [-0.2, -0.15) is 0 Å². The van der Waals surface area contributed by atoms with Gasteiger partial charge < -0.3 is 15.0 Å². The fraction of sp³-hybridized carbons (Fsp3) is 0.917. The molecule has 5 heteroatoms. The van der Waals surface area contributed by atoms with Crippen LogP contribution in [0.15, 0.2) is 0 Å². The summed E-state index contributed by atoms with van der Waals surface area (Å²) in [5.74, 6) is 0.191. The third-order valence-electron chi connectivity index (χ3n) is 3.18. The number of hydrogen-bond donors (Lipinski definition) is 1. The van der Waals surface area contributed by atoms with Crippen LogP contribution in [0.2, 0.25) is 0 Å². The van der Waals surface area contributed by atoms with Crippen LogP contribution in [0, 0.1) is 0 Å². The third kappa shape index (κ3) is 5.48. The highest BCUT2D eigenvalue weighted by Gasteiger charge is 2.20. The van der Waals surface area contributed by atoms with E-state index in [0.717, 1.165) is 39.1 Å². The summed E-state index contributed by atoms with van der Waals surface area (Å²) in [6, 6.07) is 0.579. The summed E-state index contributed by atoms with van der Waals surface area (Å²) >= 11 is 0. The van der Waals surface area contributed by atoms with Crippen molar-refractivity contribution in [3.05, 3.63) is 0 Å². The number of carbonyl (C=O) groups excluding carboxylic acids is 1. The molecule has 0 radical (unpaired) electrons. The molecule has 1 rings (SSSR count). The first-order valence-electron chi connectivity index (χ1n) is 6.28. The molecule has 1 N–H and O–H groups in total. The highest BCUT2D eigenvalue weighted by atomic mass is 16.5. The highest BCUT2D eigenvalue weighted by molar-refractivity contribution is 5.77. The molecule has 1 aliphatic heterocycles. The average Bonchev–Trinajstić information content (AvgIpc) is 2.31. The summed E-state index contributed by atoms with van der Waals surface area (Å²) in [6.45, 7) is 4.24. The zero-order valence-corrected chi connectivity index (χ0v) is 11.2. The summed E-state index contributed by atoms with van der Waals surface area (Å²) in [5, 5.41) is 3.47. The molecular weight excluding hydrogens is 218 g/mol. The molecule has 1 amide bonds. The van der Waals surface area contributed by atoms with E-state index in [-0.39, 0.29) is 5.91 Å². The van der Waals surface area contributed by atoms with E-state index in [0.29, 0.717) is 12.6 Å². The van der Waals surface area contributed by atoms with Gasteiger partial charge in [-0.05, 0) is 12.8 Å². The van der Waals surface area contributed by atoms with Crippen LogP contribution in [0.3, 0.4) is 0 Å². The predicted octanol–water partition coefficient (Wildman–Crippen LogP) is -0.225. The summed E-state index contributed by atoms with van der Waals surface area (Å²) < 4.78 is 5.01. The fourth-order valence-electron chi connectivity index (χ4n) is 1.99. The summed E-state index contributed by atoms with van der Waals surface area (Å²) in [6.07, 6.45) is 2.23. The van der Waals surface area contributed by atoms with Gasteiger partial charge in [-0.15, -0.1) is 0 Å². The second-order valence-electron chi connectivity index (χ2n) is 4.79. The summed E-state index contributed by atoms with van der Waals surface area (Å²) in [7, 11) is 5.33. The van der Waals surface area contributed by atoms with E-state index in [4.69, 9.17) is 4.74 Å². The Labute approximate surface area is 104 Å². The van der Waals surface area contributed by atoms with Crippen molar-refractivity contribution in [2.24, 2.45) is 0 Å². The Bertz CT molecular complexity index is 226. The Balaban J connectivity index is 2.15. The Morgan fingerprint density at radius 3 is 2.59 bits per heavy atom. The van der Waals surface area contributed by atoms with Gasteiger partial charge in [0.25, 0.3) is 0 Å². The van der Waals surface area contributed by atoms with Crippen LogP contribution >= 0.6 is 0 Å². The number of nitrogens with zero attached hydrogens (tertiary/aromatic N) is 2. The van der Waals surface area contributed by atoms with Gasteiger partial charge >= 0.3 is 0 Å². The van der Waals surface area contributed by atoms with E-state index in [1.807, 2.05) is 0 Å². The zero-order valence-electron chi connectivity index (χ0n) is 11.2. The number of amides is 1. The topological polar surface area (TPSA) is 44.8 Å². The minimum absolute atomic E-state index is 0.191. The molecule has 1 fully saturated rings. The van der Waals surface area contributed by atoms with Gasteiger partial charge in [-0.3, -0.25) is 9.69 Å². The summed E-state index contributed by atoms with van der Waals surface area (Å²) in [4.78, 5) is 15.4. The lowest BCUT2D eigenvalue weighted by Crippen LogP contribution is -2.46. The van der Waals surface area contributed by atoms with Crippen molar-refractivity contribution in [3.8, 4) is 0 Å². The Kier molecular flexibility index (Phi) is 6.47. The number of piperidine rings is 1. The number of rotatable bonds is 6. The smallest absolute Gasteiger partial charge is 0.236 e. The number of nitrogens with one attached hydrogen (secondary N) is 1. The van der Waals surface area contributed by atoms with E-state index < -0.39 is 0 Å². The van der Waals surface area contributed by atoms with Gasteiger partial charge in [0.15, 0.2) is 0 Å². The van der Waals surface area contributed by atoms with Crippen LogP contribution in [-0.4, -0.2) is 75.7 Å². The number of likely N-dealkylation sites (tertiary alicyclic amines) is 1. The van der Waals surface area contributed by atoms with Gasteiger partial charge in [0.05, 0.1) is 13.2 Å². The van der Waals surface area contributed by atoms with Crippen molar-refractivity contribution in [1.82, 2.24) is 15.1 Å². The van der Waals surface area contributed by atoms with Gasteiger partial charge in [-0.1, -0.05) is 0 Å². The third-order valence-corrected chi connectivity index (χ3v) is 3.18. The number of methoxy groups -OCH3 is 1. The molecule has 0 aromatic carbocycles. The first kappa shape index (κ1) is 14.4. The molecule has 1 heterocycles. The molecule has 1 aliphatic rings. The van der Waals surface area contributed by atoms with Crippen LogP contribution < -0.4 is 5.32 Å². The Morgan fingerprint density at radius 1 is 1.41 bits per heavy atom. The van der Waals surface area contributed by atoms with E-state index in [1.165, 1.54) is 0 Å². The number of likely N-dealkylation sites (N-methyl/N-ethyl adjacent to an activating group) is 1. The van der Waals surface area contributed by atoms with Crippen LogP contribution in [0.4, 0.5) is 0 Å². The molecule has 100 valence electrons. The van der Waals surface area contributed by atoms with Crippen LogP contribution in [0.1, 0.15) is 12.8 Å². The maximum atomic E-state index is 11.6. The first-order chi connectivity index (χ1) is 8.13. The standard InChI is InChI=1S/C12H25N3O2/c1-14(2)12(16)10-15-7-4-11(5-8-15)13-6-9-17-3/h11,13H,4-10H2,1-3H3. The molecular formula is C12H25N3O2. The largest absolute Gasteiger partial charge is 0.383 e. The maximum Gasteiger partial charge on any atom is 0.236 e. The van der Waals surface area contributed by atoms with Crippen LogP contribution in [0.25, 0.3) is 0 Å². The lowest BCUT2D eigenvalue weighted by molar-refractivity contribution is -0.130.